The lowest BCUT2D eigenvalue weighted by molar-refractivity contribution is -0.150. The number of carbonyl (C=O) groups is 2. The Bertz CT molecular complexity index is 550. The summed E-state index contributed by atoms with van der Waals surface area (Å²) in [5.74, 6) is -2.03. The van der Waals surface area contributed by atoms with E-state index in [0.29, 0.717) is 0 Å². The lowest BCUT2D eigenvalue weighted by Crippen LogP contribution is -2.46. The summed E-state index contributed by atoms with van der Waals surface area (Å²) in [7, 11) is 0. The molecule has 21 heavy (non-hydrogen) atoms. The molecule has 1 aliphatic heterocycles. The first kappa shape index (κ1) is 15.2. The number of aliphatic carboxylic acids is 1. The summed E-state index contributed by atoms with van der Waals surface area (Å²) in [6, 6.07) is 4.27. The summed E-state index contributed by atoms with van der Waals surface area (Å²) in [4.78, 5) is 24.4. The number of carbonyl (C=O) groups excluding carboxylic acids is 1. The van der Waals surface area contributed by atoms with Crippen LogP contribution in [-0.4, -0.2) is 51.8 Å². The number of halogens is 1. The monoisotopic (exact) mass is 297 g/mol. The Balaban J connectivity index is 2.06. The van der Waals surface area contributed by atoms with Crippen LogP contribution >= 0.6 is 0 Å². The van der Waals surface area contributed by atoms with E-state index in [1.807, 2.05) is 0 Å². The van der Waals surface area contributed by atoms with E-state index in [1.54, 1.807) is 0 Å². The van der Waals surface area contributed by atoms with Crippen LogP contribution in [0.1, 0.15) is 13.3 Å². The van der Waals surface area contributed by atoms with Gasteiger partial charge in [-0.2, -0.15) is 0 Å². The zero-order valence-corrected chi connectivity index (χ0v) is 11.4. The molecule has 0 radical (unpaired) electrons. The second-order valence-corrected chi connectivity index (χ2v) is 4.95. The highest BCUT2D eigenvalue weighted by Crippen LogP contribution is 2.21. The molecule has 1 saturated heterocycles. The predicted octanol–water partition coefficient (Wildman–Crippen LogP) is 0.639. The van der Waals surface area contributed by atoms with Crippen LogP contribution in [0.4, 0.5) is 4.39 Å². The maximum absolute atomic E-state index is 13.1. The Morgan fingerprint density at radius 2 is 2.19 bits per heavy atom. The van der Waals surface area contributed by atoms with E-state index in [9.17, 15) is 19.1 Å². The van der Waals surface area contributed by atoms with E-state index < -0.39 is 35.9 Å². The molecule has 1 amide bonds. The number of rotatable bonds is 4. The van der Waals surface area contributed by atoms with Crippen molar-refractivity contribution in [2.24, 2.45) is 0 Å². The molecule has 2 rings (SSSR count). The fourth-order valence-electron chi connectivity index (χ4n) is 2.32. The molecule has 2 N–H and O–H groups in total. The topological polar surface area (TPSA) is 87.1 Å². The van der Waals surface area contributed by atoms with E-state index >= 15 is 0 Å². The lowest BCUT2D eigenvalue weighted by atomic mass is 10.2. The van der Waals surface area contributed by atoms with Crippen molar-refractivity contribution in [3.8, 4) is 5.75 Å². The standard InChI is InChI=1S/C14H16FNO5/c1-8(21-11-4-2-3-9(15)5-11)13(18)16-7-10(17)6-12(16)14(19)20/h2-5,8,10,12,17H,6-7H2,1H3,(H,19,20)/t8?,10-,12+/m1/s1. The van der Waals surface area contributed by atoms with Gasteiger partial charge >= 0.3 is 5.97 Å². The maximum atomic E-state index is 13.1. The number of hydrogen-bond acceptors (Lipinski definition) is 4. The van der Waals surface area contributed by atoms with Gasteiger partial charge < -0.3 is 19.8 Å². The molecule has 0 aromatic heterocycles. The number of nitrogens with zero attached hydrogens (tertiary/aromatic N) is 1. The highest BCUT2D eigenvalue weighted by atomic mass is 19.1. The third-order valence-electron chi connectivity index (χ3n) is 3.30. The lowest BCUT2D eigenvalue weighted by Gasteiger charge is -2.25. The van der Waals surface area contributed by atoms with Crippen LogP contribution < -0.4 is 4.74 Å². The molecule has 7 heteroatoms. The van der Waals surface area contributed by atoms with Crippen LogP contribution in [0, 0.1) is 5.82 Å². The molecule has 114 valence electrons. The van der Waals surface area contributed by atoms with Gasteiger partial charge in [0.05, 0.1) is 6.10 Å². The van der Waals surface area contributed by atoms with E-state index in [0.717, 1.165) is 11.0 Å². The van der Waals surface area contributed by atoms with Crippen molar-refractivity contribution in [3.05, 3.63) is 30.1 Å². The van der Waals surface area contributed by atoms with Crippen LogP contribution in [0.5, 0.6) is 5.75 Å². The minimum Gasteiger partial charge on any atom is -0.481 e. The van der Waals surface area contributed by atoms with Crippen molar-refractivity contribution in [3.63, 3.8) is 0 Å². The van der Waals surface area contributed by atoms with Crippen LogP contribution in [0.15, 0.2) is 24.3 Å². The second kappa shape index (κ2) is 6.09. The van der Waals surface area contributed by atoms with Crippen molar-refractivity contribution in [1.29, 1.82) is 0 Å². The number of likely N-dealkylation sites (tertiary alicyclic amines) is 1. The minimum absolute atomic E-state index is 0.00619. The highest BCUT2D eigenvalue weighted by Gasteiger charge is 2.40. The Morgan fingerprint density at radius 3 is 2.81 bits per heavy atom. The summed E-state index contributed by atoms with van der Waals surface area (Å²) < 4.78 is 18.4. The molecule has 0 aliphatic carbocycles. The molecule has 0 bridgehead atoms. The van der Waals surface area contributed by atoms with Gasteiger partial charge in [-0.05, 0) is 19.1 Å². The second-order valence-electron chi connectivity index (χ2n) is 4.95. The number of benzene rings is 1. The molecule has 6 nitrogen and oxygen atoms in total. The van der Waals surface area contributed by atoms with Crippen molar-refractivity contribution < 1.29 is 28.9 Å². The van der Waals surface area contributed by atoms with E-state index in [4.69, 9.17) is 9.84 Å². The van der Waals surface area contributed by atoms with Crippen LogP contribution in [0.3, 0.4) is 0 Å². The predicted molar refractivity (Wildman–Crippen MR) is 70.3 cm³/mol. The molecule has 1 fully saturated rings. The molecule has 0 spiro atoms. The number of amides is 1. The summed E-state index contributed by atoms with van der Waals surface area (Å²) in [5, 5.41) is 18.6. The quantitative estimate of drug-likeness (QED) is 0.851. The first-order chi connectivity index (χ1) is 9.88. The third-order valence-corrected chi connectivity index (χ3v) is 3.30. The van der Waals surface area contributed by atoms with Gasteiger partial charge in [-0.1, -0.05) is 6.07 Å². The highest BCUT2D eigenvalue weighted by molar-refractivity contribution is 5.87. The van der Waals surface area contributed by atoms with Crippen molar-refractivity contribution >= 4 is 11.9 Å². The average Bonchev–Trinajstić information content (AvgIpc) is 2.80. The zero-order chi connectivity index (χ0) is 15.6. The Kier molecular flexibility index (Phi) is 4.42. The molecule has 1 unspecified atom stereocenters. The van der Waals surface area contributed by atoms with Gasteiger partial charge in [0.25, 0.3) is 5.91 Å². The summed E-state index contributed by atoms with van der Waals surface area (Å²) in [6.45, 7) is 1.41. The molecule has 1 heterocycles. The van der Waals surface area contributed by atoms with Gasteiger partial charge in [0.15, 0.2) is 6.10 Å². The molecule has 1 aromatic carbocycles. The van der Waals surface area contributed by atoms with E-state index in [-0.39, 0.29) is 18.7 Å². The normalized spacial score (nSPS) is 22.9. The van der Waals surface area contributed by atoms with Gasteiger partial charge in [-0.3, -0.25) is 4.79 Å². The van der Waals surface area contributed by atoms with Crippen molar-refractivity contribution in [1.82, 2.24) is 4.90 Å². The Hall–Kier alpha value is -2.15. The molecule has 1 aliphatic rings. The van der Waals surface area contributed by atoms with Crippen molar-refractivity contribution in [2.45, 2.75) is 31.6 Å². The number of aliphatic hydroxyl groups is 1. The maximum Gasteiger partial charge on any atom is 0.326 e. The Labute approximate surface area is 120 Å². The van der Waals surface area contributed by atoms with Gasteiger partial charge in [-0.25, -0.2) is 9.18 Å². The molecular weight excluding hydrogens is 281 g/mol. The number of β-amino-alcohol motifs (C(OH)–C–C–N with tert-alkyl or cyclic N) is 1. The zero-order valence-electron chi connectivity index (χ0n) is 11.4. The fourth-order valence-corrected chi connectivity index (χ4v) is 2.32. The summed E-state index contributed by atoms with van der Waals surface area (Å²) in [6.07, 6.45) is -1.84. The van der Waals surface area contributed by atoms with Gasteiger partial charge in [0, 0.05) is 19.0 Å². The summed E-state index contributed by atoms with van der Waals surface area (Å²) in [5.41, 5.74) is 0. The SMILES string of the molecule is CC(Oc1cccc(F)c1)C(=O)N1C[C@H](O)C[C@H]1C(=O)O. The number of carboxylic acids is 1. The van der Waals surface area contributed by atoms with E-state index in [2.05, 4.69) is 0 Å². The van der Waals surface area contributed by atoms with Crippen LogP contribution in [-0.2, 0) is 9.59 Å². The van der Waals surface area contributed by atoms with Gasteiger partial charge in [0.2, 0.25) is 0 Å². The fraction of sp³-hybridized carbons (Fsp3) is 0.429. The Morgan fingerprint density at radius 1 is 1.48 bits per heavy atom. The van der Waals surface area contributed by atoms with E-state index in [1.165, 1.54) is 25.1 Å². The van der Waals surface area contributed by atoms with Gasteiger partial charge in [0.1, 0.15) is 17.6 Å². The van der Waals surface area contributed by atoms with Crippen LogP contribution in [0.25, 0.3) is 0 Å². The van der Waals surface area contributed by atoms with Crippen molar-refractivity contribution in [2.75, 3.05) is 6.54 Å². The number of carboxylic acid groups (broad SMARTS) is 1. The summed E-state index contributed by atoms with van der Waals surface area (Å²) >= 11 is 0. The third kappa shape index (κ3) is 3.49. The molecule has 3 atom stereocenters. The van der Waals surface area contributed by atoms with Crippen LogP contribution in [0.2, 0.25) is 0 Å². The molecular formula is C14H16FNO5. The number of aliphatic hydroxyl groups excluding tert-OH is 1. The average molecular weight is 297 g/mol. The number of ether oxygens (including phenoxy) is 1. The van der Waals surface area contributed by atoms with Gasteiger partial charge in [-0.15, -0.1) is 0 Å². The minimum atomic E-state index is -1.17. The first-order valence-electron chi connectivity index (χ1n) is 6.52. The smallest absolute Gasteiger partial charge is 0.326 e. The first-order valence-corrected chi connectivity index (χ1v) is 6.52. The molecule has 0 saturated carbocycles. The molecule has 1 aromatic rings. The largest absolute Gasteiger partial charge is 0.481 e. The number of hydrogen-bond donors (Lipinski definition) is 2.